The third-order valence-corrected chi connectivity index (χ3v) is 4.36. The molecule has 0 aliphatic heterocycles. The fourth-order valence-corrected chi connectivity index (χ4v) is 2.78. The number of amides is 2. The van der Waals surface area contributed by atoms with Gasteiger partial charge in [0.1, 0.15) is 0 Å². The number of alkyl halides is 3. The second-order valence-corrected chi connectivity index (χ2v) is 6.74. The predicted octanol–water partition coefficient (Wildman–Crippen LogP) is 3.53. The minimum absolute atomic E-state index is 0.106. The molecule has 10 heteroatoms. The molecule has 0 radical (unpaired) electrons. The van der Waals surface area contributed by atoms with Crippen molar-refractivity contribution >= 4 is 11.8 Å². The Bertz CT molecular complexity index is 1050. The lowest BCUT2D eigenvalue weighted by Gasteiger charge is -2.17. The Morgan fingerprint density at radius 3 is 2.52 bits per heavy atom. The summed E-state index contributed by atoms with van der Waals surface area (Å²) in [7, 11) is 1.68. The van der Waals surface area contributed by atoms with E-state index in [2.05, 4.69) is 20.0 Å². The van der Waals surface area contributed by atoms with Crippen molar-refractivity contribution in [1.29, 1.82) is 0 Å². The molecular formula is C21H19F3N4O3. The van der Waals surface area contributed by atoms with E-state index in [0.29, 0.717) is 6.54 Å². The van der Waals surface area contributed by atoms with Gasteiger partial charge in [-0.1, -0.05) is 47.6 Å². The van der Waals surface area contributed by atoms with Gasteiger partial charge in [0.15, 0.2) is 0 Å². The number of carbonyl (C=O) groups excluding carboxylic acids is 2. The summed E-state index contributed by atoms with van der Waals surface area (Å²) >= 11 is 0. The number of halogens is 3. The van der Waals surface area contributed by atoms with Crippen molar-refractivity contribution in [3.63, 3.8) is 0 Å². The average Bonchev–Trinajstić information content (AvgIpc) is 3.25. The highest BCUT2D eigenvalue weighted by atomic mass is 19.4. The van der Waals surface area contributed by atoms with Crippen molar-refractivity contribution in [2.75, 3.05) is 13.6 Å². The zero-order valence-corrected chi connectivity index (χ0v) is 16.5. The largest absolute Gasteiger partial charge is 0.471 e. The van der Waals surface area contributed by atoms with E-state index in [-0.39, 0.29) is 35.8 Å². The van der Waals surface area contributed by atoms with E-state index in [1.54, 1.807) is 11.9 Å². The summed E-state index contributed by atoms with van der Waals surface area (Å²) in [5.41, 5.74) is 1.39. The number of nitrogens with zero attached hydrogens (tertiary/aromatic N) is 3. The van der Waals surface area contributed by atoms with Crippen LogP contribution in [0.5, 0.6) is 0 Å². The first-order valence-electron chi connectivity index (χ1n) is 9.31. The maximum absolute atomic E-state index is 12.6. The molecule has 2 aromatic carbocycles. The van der Waals surface area contributed by atoms with Gasteiger partial charge >= 0.3 is 12.1 Å². The molecule has 0 fully saturated rings. The predicted molar refractivity (Wildman–Crippen MR) is 105 cm³/mol. The number of rotatable bonds is 7. The maximum atomic E-state index is 12.6. The zero-order valence-electron chi connectivity index (χ0n) is 16.5. The summed E-state index contributed by atoms with van der Waals surface area (Å²) in [6.07, 6.45) is -4.64. The van der Waals surface area contributed by atoms with Crippen LogP contribution >= 0.6 is 0 Å². The Kier molecular flexibility index (Phi) is 6.68. The van der Waals surface area contributed by atoms with Gasteiger partial charge in [0.2, 0.25) is 11.7 Å². The van der Waals surface area contributed by atoms with Crippen molar-refractivity contribution in [3.8, 4) is 11.4 Å². The van der Waals surface area contributed by atoms with Crippen molar-refractivity contribution in [1.82, 2.24) is 20.4 Å². The minimum Gasteiger partial charge on any atom is -0.352 e. The molecular weight excluding hydrogens is 413 g/mol. The molecule has 0 saturated heterocycles. The minimum atomic E-state index is -4.75. The molecule has 31 heavy (non-hydrogen) atoms. The molecule has 1 heterocycles. The van der Waals surface area contributed by atoms with Crippen LogP contribution in [0, 0.1) is 0 Å². The molecule has 0 aliphatic carbocycles. The summed E-state index contributed by atoms with van der Waals surface area (Å²) in [4.78, 5) is 29.5. The van der Waals surface area contributed by atoms with Crippen molar-refractivity contribution < 1.29 is 27.3 Å². The van der Waals surface area contributed by atoms with Crippen molar-refractivity contribution in [3.05, 3.63) is 71.6 Å². The quantitative estimate of drug-likeness (QED) is 0.617. The summed E-state index contributed by atoms with van der Waals surface area (Å²) in [6.45, 7) is 0.571. The summed E-state index contributed by atoms with van der Waals surface area (Å²) in [5, 5.41) is 5.93. The molecule has 0 bridgehead atoms. The van der Waals surface area contributed by atoms with E-state index in [9.17, 15) is 22.8 Å². The molecule has 1 aromatic heterocycles. The van der Waals surface area contributed by atoms with E-state index in [0.717, 1.165) is 5.56 Å². The fourth-order valence-electron chi connectivity index (χ4n) is 2.78. The van der Waals surface area contributed by atoms with Crippen molar-refractivity contribution in [2.24, 2.45) is 0 Å². The third-order valence-electron chi connectivity index (χ3n) is 4.36. The first-order valence-corrected chi connectivity index (χ1v) is 9.31. The Labute approximate surface area is 175 Å². The van der Waals surface area contributed by atoms with Crippen LogP contribution in [-0.2, 0) is 17.5 Å². The lowest BCUT2D eigenvalue weighted by molar-refractivity contribution is -0.159. The Morgan fingerprint density at radius 1 is 1.10 bits per heavy atom. The smallest absolute Gasteiger partial charge is 0.352 e. The summed E-state index contributed by atoms with van der Waals surface area (Å²) in [6, 6.07) is 15.3. The molecule has 0 aliphatic rings. The monoisotopic (exact) mass is 432 g/mol. The lowest BCUT2D eigenvalue weighted by atomic mass is 10.1. The Morgan fingerprint density at radius 2 is 1.84 bits per heavy atom. The standard InChI is InChI=1S/C21H19F3N4O3/c1-28(13-14-6-3-2-4-7-14)17(29)10-11-25-19(30)16-9-5-8-15(12-16)18-26-20(31-27-18)21(22,23)24/h2-9,12H,10-11,13H2,1H3,(H,25,30). The first kappa shape index (κ1) is 22.0. The molecule has 1 N–H and O–H groups in total. The van der Waals surface area contributed by atoms with Gasteiger partial charge < -0.3 is 14.7 Å². The molecule has 0 spiro atoms. The van der Waals surface area contributed by atoms with Crippen LogP contribution in [0.25, 0.3) is 11.4 Å². The molecule has 3 aromatic rings. The Hall–Kier alpha value is -3.69. The van der Waals surface area contributed by atoms with Gasteiger partial charge in [-0.15, -0.1) is 0 Å². The van der Waals surface area contributed by atoms with Gasteiger partial charge in [-0.3, -0.25) is 9.59 Å². The van der Waals surface area contributed by atoms with Gasteiger partial charge in [0.25, 0.3) is 5.91 Å². The van der Waals surface area contributed by atoms with Gasteiger partial charge in [-0.05, 0) is 17.7 Å². The Balaban J connectivity index is 1.54. The number of aromatic nitrogens is 2. The van der Waals surface area contributed by atoms with E-state index < -0.39 is 18.0 Å². The highest BCUT2D eigenvalue weighted by Crippen LogP contribution is 2.29. The molecule has 0 atom stereocenters. The van der Waals surface area contributed by atoms with E-state index in [1.165, 1.54) is 24.3 Å². The number of hydrogen-bond donors (Lipinski definition) is 1. The van der Waals surface area contributed by atoms with E-state index in [1.807, 2.05) is 30.3 Å². The molecule has 162 valence electrons. The van der Waals surface area contributed by atoms with Crippen molar-refractivity contribution in [2.45, 2.75) is 19.1 Å². The number of carbonyl (C=O) groups is 2. The lowest BCUT2D eigenvalue weighted by Crippen LogP contribution is -2.31. The van der Waals surface area contributed by atoms with Gasteiger partial charge in [0, 0.05) is 37.7 Å². The second kappa shape index (κ2) is 9.41. The van der Waals surface area contributed by atoms with E-state index >= 15 is 0 Å². The molecule has 2 amide bonds. The average molecular weight is 432 g/mol. The van der Waals surface area contributed by atoms with Gasteiger partial charge in [0.05, 0.1) is 0 Å². The van der Waals surface area contributed by atoms with Crippen LogP contribution in [0.4, 0.5) is 13.2 Å². The van der Waals surface area contributed by atoms with Gasteiger partial charge in [-0.2, -0.15) is 18.2 Å². The zero-order chi connectivity index (χ0) is 22.4. The number of nitrogens with one attached hydrogen (secondary N) is 1. The third kappa shape index (κ3) is 5.91. The highest BCUT2D eigenvalue weighted by molar-refractivity contribution is 5.95. The van der Waals surface area contributed by atoms with Crippen LogP contribution < -0.4 is 5.32 Å². The molecule has 7 nitrogen and oxygen atoms in total. The topological polar surface area (TPSA) is 88.3 Å². The fraction of sp³-hybridized carbons (Fsp3) is 0.238. The van der Waals surface area contributed by atoms with Crippen LogP contribution in [0.1, 0.15) is 28.2 Å². The van der Waals surface area contributed by atoms with Crippen LogP contribution in [-0.4, -0.2) is 40.4 Å². The SMILES string of the molecule is CN(Cc1ccccc1)C(=O)CCNC(=O)c1cccc(-c2noc(C(F)(F)F)n2)c1. The maximum Gasteiger partial charge on any atom is 0.471 e. The second-order valence-electron chi connectivity index (χ2n) is 6.74. The van der Waals surface area contributed by atoms with Crippen LogP contribution in [0.3, 0.4) is 0 Å². The number of hydrogen-bond acceptors (Lipinski definition) is 5. The van der Waals surface area contributed by atoms with Gasteiger partial charge in [-0.25, -0.2) is 0 Å². The molecule has 0 unspecified atom stereocenters. The van der Waals surface area contributed by atoms with Crippen LogP contribution in [0.2, 0.25) is 0 Å². The molecule has 0 saturated carbocycles. The first-order chi connectivity index (χ1) is 14.7. The normalized spacial score (nSPS) is 11.2. The van der Waals surface area contributed by atoms with Crippen LogP contribution in [0.15, 0.2) is 59.1 Å². The molecule has 3 rings (SSSR count). The summed E-state index contributed by atoms with van der Waals surface area (Å²) in [5.74, 6) is -2.35. The van der Waals surface area contributed by atoms with E-state index in [4.69, 9.17) is 0 Å². The number of benzene rings is 2. The highest BCUT2D eigenvalue weighted by Gasteiger charge is 2.38. The summed E-state index contributed by atoms with van der Waals surface area (Å²) < 4.78 is 42.1.